The third kappa shape index (κ3) is 13.2. The third-order valence-electron chi connectivity index (χ3n) is 13.9. The number of carbonyl (C=O) groups excluding carboxylic acids is 6. The van der Waals surface area contributed by atoms with E-state index in [1.165, 1.54) is 12.5 Å². The number of hydrogen-bond acceptors (Lipinski definition) is 13. The SMILES string of the molecule is CCCCc1ccc(-c2ccc(C(=O)N[C@@H](CN)C(=O)NC(CCC(=O)N[C@H](C)C(=O)O)C(=O)N[C@@H](N)C(=O)N[C@@H](CCCCN)C(=O)N[C@@H](N)B3OC4C[C@@H]5C[C@@H](C5(C)C)[C@]4(C)O3)cc2)cc1. The van der Waals surface area contributed by atoms with Crippen LogP contribution in [0.25, 0.3) is 11.1 Å². The summed E-state index contributed by atoms with van der Waals surface area (Å²) in [5, 5.41) is 24.2. The van der Waals surface area contributed by atoms with E-state index in [9.17, 15) is 38.7 Å². The Morgan fingerprint density at radius 1 is 0.750 bits per heavy atom. The second kappa shape index (κ2) is 23.7. The lowest BCUT2D eigenvalue weighted by Gasteiger charge is -2.64. The topological polar surface area (TPSA) is 334 Å². The molecule has 2 aromatic carbocycles. The molecule has 6 amide bonds. The molecular weight excluding hydrogens is 875 g/mol. The van der Waals surface area contributed by atoms with Crippen molar-refractivity contribution in [3.05, 3.63) is 59.7 Å². The zero-order chi connectivity index (χ0) is 49.9. The number of aliphatic carboxylic acids is 1. The smallest absolute Gasteiger partial charge is 0.480 e. The largest absolute Gasteiger partial charge is 0.497 e. The van der Waals surface area contributed by atoms with E-state index in [0.29, 0.717) is 25.3 Å². The van der Waals surface area contributed by atoms with Gasteiger partial charge in [0.15, 0.2) is 6.17 Å². The van der Waals surface area contributed by atoms with Gasteiger partial charge in [0.2, 0.25) is 23.6 Å². The van der Waals surface area contributed by atoms with Crippen LogP contribution in [0.15, 0.2) is 48.5 Å². The van der Waals surface area contributed by atoms with Gasteiger partial charge in [-0.15, -0.1) is 0 Å². The molecule has 1 saturated heterocycles. The molecule has 21 heteroatoms. The van der Waals surface area contributed by atoms with Crippen LogP contribution >= 0.6 is 0 Å². The first-order valence-electron chi connectivity index (χ1n) is 23.7. The fourth-order valence-corrected chi connectivity index (χ4v) is 9.45. The molecule has 3 aliphatic carbocycles. The lowest BCUT2D eigenvalue weighted by Crippen LogP contribution is -2.65. The maximum Gasteiger partial charge on any atom is 0.497 e. The number of aryl methyl sites for hydroxylation is 1. The predicted octanol–water partition coefficient (Wildman–Crippen LogP) is 0.291. The number of hydrogen-bond donors (Lipinski definition) is 11. The molecule has 0 spiro atoms. The summed E-state index contributed by atoms with van der Waals surface area (Å²) in [4.78, 5) is 92.0. The van der Waals surface area contributed by atoms with E-state index in [-0.39, 0.29) is 42.4 Å². The van der Waals surface area contributed by atoms with Gasteiger partial charge in [-0.1, -0.05) is 63.6 Å². The molecule has 2 bridgehead atoms. The second-order valence-corrected chi connectivity index (χ2v) is 19.1. The van der Waals surface area contributed by atoms with Crippen LogP contribution in [0, 0.1) is 17.3 Å². The molecule has 2 unspecified atom stereocenters. The van der Waals surface area contributed by atoms with Gasteiger partial charge in [0.05, 0.1) is 11.7 Å². The van der Waals surface area contributed by atoms with E-state index >= 15 is 0 Å². The van der Waals surface area contributed by atoms with Crippen molar-refractivity contribution in [2.24, 2.45) is 40.2 Å². The summed E-state index contributed by atoms with van der Waals surface area (Å²) >= 11 is 0. The van der Waals surface area contributed by atoms with Gasteiger partial charge in [-0.05, 0) is 118 Å². The minimum absolute atomic E-state index is 0.0881. The van der Waals surface area contributed by atoms with Gasteiger partial charge < -0.3 is 69.3 Å². The normalized spacial score (nSPS) is 22.7. The first kappa shape index (κ1) is 53.5. The molecule has 20 nitrogen and oxygen atoms in total. The molecule has 6 rings (SSSR count). The van der Waals surface area contributed by atoms with Crippen LogP contribution in [0.4, 0.5) is 0 Å². The molecule has 2 aromatic rings. The van der Waals surface area contributed by atoms with Gasteiger partial charge in [0.25, 0.3) is 11.8 Å². The monoisotopic (exact) mass is 947 g/mol. The molecule has 3 saturated carbocycles. The molecule has 15 N–H and O–H groups in total. The average Bonchev–Trinajstić information content (AvgIpc) is 3.68. The van der Waals surface area contributed by atoms with E-state index in [2.05, 4.69) is 64.8 Å². The van der Waals surface area contributed by atoms with E-state index < -0.39 is 97.0 Å². The summed E-state index contributed by atoms with van der Waals surface area (Å²) in [6.07, 6.45) is 3.36. The Kier molecular flexibility index (Phi) is 18.7. The van der Waals surface area contributed by atoms with Crippen LogP contribution in [-0.2, 0) is 44.5 Å². The fraction of sp³-hybridized carbons (Fsp3) is 0.596. The van der Waals surface area contributed by atoms with Crippen molar-refractivity contribution in [2.45, 2.75) is 147 Å². The molecular formula is C47H71BN10O10. The summed E-state index contributed by atoms with van der Waals surface area (Å²) in [6.45, 7) is 9.81. The Morgan fingerprint density at radius 2 is 1.35 bits per heavy atom. The molecule has 0 aromatic heterocycles. The number of carbonyl (C=O) groups is 7. The van der Waals surface area contributed by atoms with Crippen LogP contribution in [0.1, 0.15) is 108 Å². The van der Waals surface area contributed by atoms with Gasteiger partial charge >= 0.3 is 13.1 Å². The van der Waals surface area contributed by atoms with Crippen LogP contribution in [0.5, 0.6) is 0 Å². The Hall–Kier alpha value is -5.45. The fourth-order valence-electron chi connectivity index (χ4n) is 9.45. The van der Waals surface area contributed by atoms with Crippen LogP contribution in [0.2, 0.25) is 0 Å². The lowest BCUT2D eigenvalue weighted by atomic mass is 9.43. The summed E-state index contributed by atoms with van der Waals surface area (Å²) in [5.74, 6) is -5.42. The quantitative estimate of drug-likeness (QED) is 0.0362. The molecule has 10 atom stereocenters. The predicted molar refractivity (Wildman–Crippen MR) is 254 cm³/mol. The molecule has 372 valence electrons. The van der Waals surface area contributed by atoms with Crippen LogP contribution in [0.3, 0.4) is 0 Å². The van der Waals surface area contributed by atoms with Gasteiger partial charge in [0.1, 0.15) is 30.2 Å². The number of nitrogens with two attached hydrogens (primary N) is 4. The van der Waals surface area contributed by atoms with E-state index in [1.807, 2.05) is 19.1 Å². The number of unbranched alkanes of at least 4 members (excludes halogenated alkanes) is 2. The highest BCUT2D eigenvalue weighted by molar-refractivity contribution is 6.47. The zero-order valence-corrected chi connectivity index (χ0v) is 39.8. The van der Waals surface area contributed by atoms with Crippen LogP contribution in [-0.4, -0.2) is 115 Å². The summed E-state index contributed by atoms with van der Waals surface area (Å²) in [6, 6.07) is 8.55. The number of amides is 6. The summed E-state index contributed by atoms with van der Waals surface area (Å²) in [7, 11) is -0.935. The Bertz CT molecular complexity index is 2110. The number of carboxylic acids is 1. The van der Waals surface area contributed by atoms with Crippen LogP contribution < -0.4 is 54.8 Å². The number of carboxylic acid groups (broad SMARTS) is 1. The maximum absolute atomic E-state index is 13.8. The minimum atomic E-state index is -1.77. The summed E-state index contributed by atoms with van der Waals surface area (Å²) in [5.41, 5.74) is 27.1. The Morgan fingerprint density at radius 3 is 1.96 bits per heavy atom. The zero-order valence-electron chi connectivity index (χ0n) is 39.8. The molecule has 0 radical (unpaired) electrons. The van der Waals surface area contributed by atoms with Crippen molar-refractivity contribution in [3.63, 3.8) is 0 Å². The van der Waals surface area contributed by atoms with Crippen molar-refractivity contribution >= 4 is 48.5 Å². The number of nitrogens with one attached hydrogen (secondary N) is 6. The standard InChI is InChI=1S/C47H71BN10O10/c1-6-7-10-27-12-14-28(15-13-27)29-16-18-30(19-17-29)39(60)56-34(25-50)42(63)54-33(20-21-37(59)53-26(2)44(65)66)40(61)57-38(51)43(64)55-32(11-8-9-22-49)41(62)58-45(52)48-67-36-24-31-23-35(46(31,3)4)47(36,5)68-48/h12-19,26,31-36,38,45H,6-11,20-25,49-52H2,1-5H3,(H,53,59)(H,54,63)(H,55,64)(H,56,60)(H,57,61)(H,58,62)(H,65,66)/t26-,31+,32+,33?,34+,35+,36?,38-,45-,47+/m1/s1. The molecule has 68 heavy (non-hydrogen) atoms. The van der Waals surface area contributed by atoms with E-state index in [1.54, 1.807) is 24.3 Å². The van der Waals surface area contributed by atoms with Gasteiger partial charge in [-0.3, -0.25) is 33.6 Å². The van der Waals surface area contributed by atoms with E-state index in [4.69, 9.17) is 32.2 Å². The lowest BCUT2D eigenvalue weighted by molar-refractivity contribution is -0.199. The van der Waals surface area contributed by atoms with Gasteiger partial charge in [-0.2, -0.15) is 0 Å². The van der Waals surface area contributed by atoms with Crippen molar-refractivity contribution in [3.8, 4) is 11.1 Å². The van der Waals surface area contributed by atoms with Crippen molar-refractivity contribution < 1.29 is 48.0 Å². The first-order valence-corrected chi connectivity index (χ1v) is 23.7. The third-order valence-corrected chi connectivity index (χ3v) is 13.9. The van der Waals surface area contributed by atoms with Gasteiger partial charge in [-0.25, -0.2) is 0 Å². The van der Waals surface area contributed by atoms with Gasteiger partial charge in [0, 0.05) is 18.5 Å². The van der Waals surface area contributed by atoms with Crippen molar-refractivity contribution in [1.82, 2.24) is 31.9 Å². The number of rotatable bonds is 25. The van der Waals surface area contributed by atoms with E-state index in [0.717, 1.165) is 43.2 Å². The minimum Gasteiger partial charge on any atom is -0.480 e. The Labute approximate surface area is 398 Å². The molecule has 4 fully saturated rings. The highest BCUT2D eigenvalue weighted by Gasteiger charge is 2.68. The second-order valence-electron chi connectivity index (χ2n) is 19.1. The first-order chi connectivity index (χ1) is 32.2. The van der Waals surface area contributed by atoms with Crippen molar-refractivity contribution in [1.29, 1.82) is 0 Å². The summed E-state index contributed by atoms with van der Waals surface area (Å²) < 4.78 is 12.6. The highest BCUT2D eigenvalue weighted by atomic mass is 16.7. The molecule has 4 aliphatic rings. The highest BCUT2D eigenvalue weighted by Crippen LogP contribution is 2.65. The average molecular weight is 947 g/mol. The Balaban J connectivity index is 1.21. The number of benzene rings is 2. The molecule has 1 heterocycles. The molecule has 1 aliphatic heterocycles. The van der Waals surface area contributed by atoms with Crippen molar-refractivity contribution in [2.75, 3.05) is 13.1 Å². The maximum atomic E-state index is 13.8.